The molecule has 0 saturated carbocycles. The number of aromatic nitrogens is 3. The van der Waals surface area contributed by atoms with Crippen LogP contribution in [0.25, 0.3) is 0 Å². The third-order valence-corrected chi connectivity index (χ3v) is 4.95. The van der Waals surface area contributed by atoms with Crippen LogP contribution in [0.15, 0.2) is 48.7 Å². The molecule has 0 saturated heterocycles. The highest BCUT2D eigenvalue weighted by Crippen LogP contribution is 2.32. The van der Waals surface area contributed by atoms with Crippen LogP contribution >= 0.6 is 25.1 Å². The molecule has 3 aromatic rings. The number of carbonyl (C=O) groups is 2. The van der Waals surface area contributed by atoms with Crippen molar-refractivity contribution in [3.63, 3.8) is 0 Å². The van der Waals surface area contributed by atoms with E-state index in [1.165, 1.54) is 18.2 Å². The fraction of sp³-hybridized carbons (Fsp3) is 0.200. The molecule has 0 spiro atoms. The third-order valence-electron chi connectivity index (χ3n) is 4.66. The minimum atomic E-state index is -0.319. The Kier molecular flexibility index (Phi) is 6.33. The Morgan fingerprint density at radius 3 is 2.67 bits per heavy atom. The molecule has 10 heteroatoms. The third kappa shape index (κ3) is 3.86. The summed E-state index contributed by atoms with van der Waals surface area (Å²) in [6.07, 6.45) is 1.49. The van der Waals surface area contributed by atoms with Crippen LogP contribution in [0.5, 0.6) is 5.88 Å². The standard InChI is InChI=1S/C20H18ClN5O3.H2S/c1-12-11-25(16-9-8-14(21)19(24-16)29-2)20(28)17-15(10-22-26(12)17)23-18(27)13-6-4-3-5-7-13;/h3-10,12H,11H2,1-2H3,(H,23,27);1H2/t12-;/m0./s1. The van der Waals surface area contributed by atoms with Crippen LogP contribution in [0.4, 0.5) is 11.5 Å². The van der Waals surface area contributed by atoms with Crippen molar-refractivity contribution in [1.29, 1.82) is 0 Å². The minimum absolute atomic E-state index is 0. The fourth-order valence-corrected chi connectivity index (χ4v) is 3.42. The zero-order chi connectivity index (χ0) is 20.5. The van der Waals surface area contributed by atoms with Gasteiger partial charge in [0.05, 0.1) is 25.0 Å². The lowest BCUT2D eigenvalue weighted by atomic mass is 10.1. The predicted molar refractivity (Wildman–Crippen MR) is 119 cm³/mol. The van der Waals surface area contributed by atoms with E-state index in [0.717, 1.165) is 0 Å². The Balaban J connectivity index is 0.00000256. The molecule has 0 bridgehead atoms. The van der Waals surface area contributed by atoms with E-state index in [2.05, 4.69) is 15.4 Å². The molecule has 1 aliphatic rings. The SMILES string of the molecule is COc1nc(N2C[C@H](C)n3ncc(NC(=O)c4ccccc4)c3C2=O)ccc1Cl.S. The van der Waals surface area contributed by atoms with E-state index in [9.17, 15) is 9.59 Å². The van der Waals surface area contributed by atoms with Crippen molar-refractivity contribution in [2.75, 3.05) is 23.9 Å². The number of rotatable bonds is 4. The molecule has 156 valence electrons. The van der Waals surface area contributed by atoms with Crippen molar-refractivity contribution in [2.24, 2.45) is 0 Å². The van der Waals surface area contributed by atoms with Crippen LogP contribution in [-0.2, 0) is 0 Å². The van der Waals surface area contributed by atoms with Crippen molar-refractivity contribution in [2.45, 2.75) is 13.0 Å². The number of carbonyl (C=O) groups excluding carboxylic acids is 2. The summed E-state index contributed by atoms with van der Waals surface area (Å²) in [5.41, 5.74) is 1.13. The van der Waals surface area contributed by atoms with Gasteiger partial charge in [0.25, 0.3) is 11.8 Å². The number of anilines is 2. The molecule has 0 fully saturated rings. The van der Waals surface area contributed by atoms with Gasteiger partial charge in [-0.1, -0.05) is 29.8 Å². The van der Waals surface area contributed by atoms with Crippen molar-refractivity contribution >= 4 is 48.4 Å². The first-order chi connectivity index (χ1) is 14.0. The average Bonchev–Trinajstić information content (AvgIpc) is 3.16. The van der Waals surface area contributed by atoms with Gasteiger partial charge in [0.2, 0.25) is 5.88 Å². The number of benzene rings is 1. The second-order valence-corrected chi connectivity index (χ2v) is 7.00. The maximum atomic E-state index is 13.2. The summed E-state index contributed by atoms with van der Waals surface area (Å²) in [6, 6.07) is 11.9. The largest absolute Gasteiger partial charge is 0.480 e. The molecular formula is C20H20ClN5O3S. The van der Waals surface area contributed by atoms with Crippen molar-refractivity contribution in [3.8, 4) is 5.88 Å². The first kappa shape index (κ1) is 21.7. The minimum Gasteiger partial charge on any atom is -0.480 e. The summed E-state index contributed by atoms with van der Waals surface area (Å²) >= 11 is 6.05. The van der Waals surface area contributed by atoms with Crippen LogP contribution in [0.1, 0.15) is 33.8 Å². The molecule has 1 atom stereocenters. The van der Waals surface area contributed by atoms with E-state index in [1.807, 2.05) is 13.0 Å². The summed E-state index contributed by atoms with van der Waals surface area (Å²) in [7, 11) is 1.46. The second-order valence-electron chi connectivity index (χ2n) is 6.60. The van der Waals surface area contributed by atoms with Crippen LogP contribution in [0.3, 0.4) is 0 Å². The molecule has 30 heavy (non-hydrogen) atoms. The number of hydrogen-bond acceptors (Lipinski definition) is 5. The summed E-state index contributed by atoms with van der Waals surface area (Å²) in [5.74, 6) is 0.0169. The summed E-state index contributed by atoms with van der Waals surface area (Å²) in [6.45, 7) is 2.31. The van der Waals surface area contributed by atoms with Gasteiger partial charge >= 0.3 is 0 Å². The highest BCUT2D eigenvalue weighted by Gasteiger charge is 2.34. The number of fused-ring (bicyclic) bond motifs is 1. The Hall–Kier alpha value is -3.04. The van der Waals surface area contributed by atoms with Gasteiger partial charge in [-0.15, -0.1) is 0 Å². The maximum Gasteiger partial charge on any atom is 0.279 e. The van der Waals surface area contributed by atoms with Gasteiger partial charge in [-0.2, -0.15) is 23.6 Å². The summed E-state index contributed by atoms with van der Waals surface area (Å²) in [5, 5.41) is 7.44. The van der Waals surface area contributed by atoms with Crippen molar-refractivity contribution in [1.82, 2.24) is 14.8 Å². The zero-order valence-electron chi connectivity index (χ0n) is 16.3. The average molecular weight is 446 g/mol. The van der Waals surface area contributed by atoms with Crippen molar-refractivity contribution < 1.29 is 14.3 Å². The van der Waals surface area contributed by atoms with Gasteiger partial charge in [-0.05, 0) is 31.2 Å². The number of amides is 2. The lowest BCUT2D eigenvalue weighted by Crippen LogP contribution is -2.43. The highest BCUT2D eigenvalue weighted by atomic mass is 35.5. The maximum absolute atomic E-state index is 13.2. The molecule has 0 radical (unpaired) electrons. The fourth-order valence-electron chi connectivity index (χ4n) is 3.24. The number of methoxy groups -OCH3 is 1. The molecule has 1 aromatic carbocycles. The van der Waals surface area contributed by atoms with Gasteiger partial charge in [0.15, 0.2) is 5.69 Å². The first-order valence-corrected chi connectivity index (χ1v) is 9.33. The van der Waals surface area contributed by atoms with Crippen LogP contribution in [-0.4, -0.2) is 40.2 Å². The quantitative estimate of drug-likeness (QED) is 0.663. The topological polar surface area (TPSA) is 89.3 Å². The second kappa shape index (κ2) is 8.76. The monoisotopic (exact) mass is 445 g/mol. The van der Waals surface area contributed by atoms with Gasteiger partial charge in [0.1, 0.15) is 10.8 Å². The van der Waals surface area contributed by atoms with Gasteiger partial charge in [0, 0.05) is 12.1 Å². The lowest BCUT2D eigenvalue weighted by Gasteiger charge is -2.31. The first-order valence-electron chi connectivity index (χ1n) is 8.96. The molecule has 0 aliphatic carbocycles. The molecule has 1 aliphatic heterocycles. The van der Waals surface area contributed by atoms with E-state index in [0.29, 0.717) is 34.3 Å². The Morgan fingerprint density at radius 2 is 1.97 bits per heavy atom. The molecular weight excluding hydrogens is 426 g/mol. The summed E-state index contributed by atoms with van der Waals surface area (Å²) < 4.78 is 6.78. The molecule has 2 amide bonds. The number of ether oxygens (including phenoxy) is 1. The molecule has 2 aromatic heterocycles. The van der Waals surface area contributed by atoms with Crippen LogP contribution < -0.4 is 15.0 Å². The van der Waals surface area contributed by atoms with E-state index >= 15 is 0 Å². The molecule has 8 nitrogen and oxygen atoms in total. The Morgan fingerprint density at radius 1 is 1.23 bits per heavy atom. The number of nitrogens with zero attached hydrogens (tertiary/aromatic N) is 4. The molecule has 3 heterocycles. The Bertz CT molecular complexity index is 1090. The molecule has 1 N–H and O–H groups in total. The van der Waals surface area contributed by atoms with Crippen LogP contribution in [0, 0.1) is 0 Å². The lowest BCUT2D eigenvalue weighted by molar-refractivity contribution is 0.0953. The predicted octanol–water partition coefficient (Wildman–Crippen LogP) is 3.53. The van der Waals surface area contributed by atoms with E-state index in [-0.39, 0.29) is 37.2 Å². The molecule has 4 rings (SSSR count). The number of halogens is 1. The Labute approximate surface area is 185 Å². The van der Waals surface area contributed by atoms with E-state index in [4.69, 9.17) is 16.3 Å². The number of hydrogen-bond donors (Lipinski definition) is 1. The van der Waals surface area contributed by atoms with E-state index < -0.39 is 0 Å². The zero-order valence-corrected chi connectivity index (χ0v) is 18.1. The smallest absolute Gasteiger partial charge is 0.279 e. The normalized spacial score (nSPS) is 15.2. The number of pyridine rings is 1. The summed E-state index contributed by atoms with van der Waals surface area (Å²) in [4.78, 5) is 31.6. The van der Waals surface area contributed by atoms with E-state index in [1.54, 1.807) is 41.1 Å². The van der Waals surface area contributed by atoms with Gasteiger partial charge in [-0.25, -0.2) is 0 Å². The van der Waals surface area contributed by atoms with Gasteiger partial charge in [-0.3, -0.25) is 19.2 Å². The molecule has 0 unspecified atom stereocenters. The highest BCUT2D eigenvalue weighted by molar-refractivity contribution is 7.59. The van der Waals surface area contributed by atoms with Gasteiger partial charge < -0.3 is 10.1 Å². The number of nitrogens with one attached hydrogen (secondary N) is 1. The van der Waals surface area contributed by atoms with Crippen LogP contribution in [0.2, 0.25) is 5.02 Å². The van der Waals surface area contributed by atoms with Crippen molar-refractivity contribution in [3.05, 3.63) is 64.9 Å².